The largest absolute Gasteiger partial charge is 0.309 e. The molecule has 7 nitrogen and oxygen atoms in total. The Hall–Kier alpha value is -2.97. The average molecular weight is 525 g/mol. The van der Waals surface area contributed by atoms with Crippen molar-refractivity contribution in [3.63, 3.8) is 0 Å². The number of aromatic nitrogens is 2. The highest BCUT2D eigenvalue weighted by Crippen LogP contribution is 2.27. The molecule has 0 atom stereocenters. The van der Waals surface area contributed by atoms with Crippen LogP contribution in [0.25, 0.3) is 5.69 Å². The first-order valence-electron chi connectivity index (χ1n) is 12.7. The maximum atomic E-state index is 13.5. The van der Waals surface area contributed by atoms with Gasteiger partial charge in [-0.3, -0.25) is 4.79 Å². The van der Waals surface area contributed by atoms with Crippen LogP contribution in [0, 0.1) is 6.92 Å². The maximum absolute atomic E-state index is 13.5. The molecule has 0 bridgehead atoms. The van der Waals surface area contributed by atoms with Crippen LogP contribution >= 0.6 is 0 Å². The number of aryl methyl sites for hydroxylation is 1. The van der Waals surface area contributed by atoms with Crippen molar-refractivity contribution in [1.29, 1.82) is 0 Å². The maximum Gasteiger partial charge on any atom is 0.243 e. The minimum absolute atomic E-state index is 0.0859. The van der Waals surface area contributed by atoms with Crippen molar-refractivity contribution >= 4 is 21.7 Å². The van der Waals surface area contributed by atoms with Gasteiger partial charge in [0.05, 0.1) is 22.8 Å². The van der Waals surface area contributed by atoms with E-state index in [2.05, 4.69) is 46.9 Å². The van der Waals surface area contributed by atoms with E-state index >= 15 is 0 Å². The Morgan fingerprint density at radius 2 is 1.62 bits per heavy atom. The van der Waals surface area contributed by atoms with E-state index in [4.69, 9.17) is 5.10 Å². The molecule has 1 amide bonds. The summed E-state index contributed by atoms with van der Waals surface area (Å²) in [6.07, 6.45) is 0.585. The summed E-state index contributed by atoms with van der Waals surface area (Å²) in [7, 11) is -3.85. The number of amides is 1. The highest BCUT2D eigenvalue weighted by atomic mass is 32.2. The molecule has 8 heteroatoms. The summed E-state index contributed by atoms with van der Waals surface area (Å²) in [4.78, 5) is 13.4. The van der Waals surface area contributed by atoms with E-state index in [1.165, 1.54) is 4.31 Å². The molecule has 1 aromatic heterocycles. The Kier molecular flexibility index (Phi) is 8.34. The van der Waals surface area contributed by atoms with Gasteiger partial charge in [0.2, 0.25) is 15.9 Å². The number of anilines is 1. The highest BCUT2D eigenvalue weighted by Gasteiger charge is 2.28. The SMILES string of the molecule is CCCN(CC(=O)Nc1cc(C(C)(C)C)nn1-c1cccc(C)c1)S(=O)(=O)c1ccc(C(C)(C)C)cc1. The standard InChI is InChI=1S/C29H40N4O3S/c1-9-17-32(37(35,36)24-15-13-22(14-16-24)28(3,4)5)20-27(34)30-26-19-25(29(6,7)8)31-33(26)23-12-10-11-21(2)18-23/h10-16,18-19H,9,17,20H2,1-8H3,(H,30,34). The molecule has 0 aliphatic carbocycles. The van der Waals surface area contributed by atoms with E-state index in [1.54, 1.807) is 16.8 Å². The quantitative estimate of drug-likeness (QED) is 0.403. The second kappa shape index (κ2) is 10.8. The van der Waals surface area contributed by atoms with Gasteiger partial charge in [0.25, 0.3) is 0 Å². The lowest BCUT2D eigenvalue weighted by Gasteiger charge is -2.23. The fraction of sp³-hybridized carbons (Fsp3) is 0.448. The predicted molar refractivity (Wildman–Crippen MR) is 150 cm³/mol. The zero-order valence-electron chi connectivity index (χ0n) is 23.3. The van der Waals surface area contributed by atoms with Gasteiger partial charge in [-0.25, -0.2) is 13.1 Å². The number of carbonyl (C=O) groups is 1. The third-order valence-electron chi connectivity index (χ3n) is 6.14. The summed E-state index contributed by atoms with van der Waals surface area (Å²) in [5, 5.41) is 7.67. The highest BCUT2D eigenvalue weighted by molar-refractivity contribution is 7.89. The molecular formula is C29H40N4O3S. The summed E-state index contributed by atoms with van der Waals surface area (Å²) >= 11 is 0. The van der Waals surface area contributed by atoms with Crippen LogP contribution in [0.1, 0.15) is 71.7 Å². The molecule has 3 aromatic rings. The molecule has 2 aromatic carbocycles. The van der Waals surface area contributed by atoms with E-state index in [1.807, 2.05) is 56.3 Å². The molecule has 3 rings (SSSR count). The molecule has 1 heterocycles. The van der Waals surface area contributed by atoms with Crippen LogP contribution in [0.2, 0.25) is 0 Å². The molecule has 0 spiro atoms. The van der Waals surface area contributed by atoms with E-state index in [9.17, 15) is 13.2 Å². The molecular weight excluding hydrogens is 484 g/mol. The van der Waals surface area contributed by atoms with Crippen LogP contribution < -0.4 is 5.32 Å². The summed E-state index contributed by atoms with van der Waals surface area (Å²) in [6, 6.07) is 16.6. The molecule has 0 saturated heterocycles. The molecule has 37 heavy (non-hydrogen) atoms. The van der Waals surface area contributed by atoms with Crippen LogP contribution in [0.5, 0.6) is 0 Å². The van der Waals surface area contributed by atoms with Gasteiger partial charge in [-0.15, -0.1) is 0 Å². The zero-order valence-corrected chi connectivity index (χ0v) is 24.1. The number of nitrogens with one attached hydrogen (secondary N) is 1. The number of rotatable bonds is 8. The van der Waals surface area contributed by atoms with Crippen LogP contribution in [0.3, 0.4) is 0 Å². The van der Waals surface area contributed by atoms with Crippen molar-refractivity contribution in [1.82, 2.24) is 14.1 Å². The predicted octanol–water partition coefficient (Wildman–Crippen LogP) is 5.82. The summed E-state index contributed by atoms with van der Waals surface area (Å²) in [5.41, 5.74) is 3.44. The van der Waals surface area contributed by atoms with Crippen molar-refractivity contribution in [2.45, 2.75) is 77.5 Å². The van der Waals surface area contributed by atoms with E-state index in [-0.39, 0.29) is 28.8 Å². The number of carbonyl (C=O) groups excluding carboxylic acids is 1. The normalized spacial score (nSPS) is 12.7. The van der Waals surface area contributed by atoms with E-state index in [0.29, 0.717) is 12.2 Å². The molecule has 0 unspecified atom stereocenters. The van der Waals surface area contributed by atoms with Crippen molar-refractivity contribution in [2.24, 2.45) is 0 Å². The molecule has 200 valence electrons. The van der Waals surface area contributed by atoms with Gasteiger partial charge in [-0.05, 0) is 54.2 Å². The second-order valence-corrected chi connectivity index (χ2v) is 13.5. The van der Waals surface area contributed by atoms with Gasteiger partial charge in [-0.1, -0.05) is 72.7 Å². The topological polar surface area (TPSA) is 84.3 Å². The third-order valence-corrected chi connectivity index (χ3v) is 8.00. The van der Waals surface area contributed by atoms with E-state index in [0.717, 1.165) is 22.5 Å². The van der Waals surface area contributed by atoms with Gasteiger partial charge < -0.3 is 5.32 Å². The minimum atomic E-state index is -3.85. The minimum Gasteiger partial charge on any atom is -0.309 e. The molecule has 1 N–H and O–H groups in total. The molecule has 0 saturated carbocycles. The number of benzene rings is 2. The Bertz CT molecular complexity index is 1350. The van der Waals surface area contributed by atoms with Gasteiger partial charge in [0.1, 0.15) is 5.82 Å². The monoisotopic (exact) mass is 524 g/mol. The Morgan fingerprint density at radius 1 is 0.973 bits per heavy atom. The molecule has 0 aliphatic rings. The third kappa shape index (κ3) is 6.87. The lowest BCUT2D eigenvalue weighted by Crippen LogP contribution is -2.38. The molecule has 0 radical (unpaired) electrons. The summed E-state index contributed by atoms with van der Waals surface area (Å²) < 4.78 is 29.9. The number of hydrogen-bond acceptors (Lipinski definition) is 4. The lowest BCUT2D eigenvalue weighted by molar-refractivity contribution is -0.116. The van der Waals surface area contributed by atoms with Crippen LogP contribution in [0.4, 0.5) is 5.82 Å². The first-order valence-corrected chi connectivity index (χ1v) is 14.1. The van der Waals surface area contributed by atoms with Gasteiger partial charge >= 0.3 is 0 Å². The van der Waals surface area contributed by atoms with Gasteiger partial charge in [0, 0.05) is 18.0 Å². The summed E-state index contributed by atoms with van der Waals surface area (Å²) in [5.74, 6) is 0.0847. The number of hydrogen-bond donors (Lipinski definition) is 1. The number of nitrogens with zero attached hydrogens (tertiary/aromatic N) is 3. The number of sulfonamides is 1. The Labute approximate surface area is 221 Å². The van der Waals surface area contributed by atoms with Crippen LogP contribution in [-0.2, 0) is 25.6 Å². The average Bonchev–Trinajstić information content (AvgIpc) is 3.22. The Morgan fingerprint density at radius 3 is 2.16 bits per heavy atom. The van der Waals surface area contributed by atoms with Crippen molar-refractivity contribution in [3.05, 3.63) is 71.4 Å². The molecule has 0 fully saturated rings. The van der Waals surface area contributed by atoms with Gasteiger partial charge in [0.15, 0.2) is 0 Å². The first kappa shape index (κ1) is 28.6. The first-order chi connectivity index (χ1) is 17.1. The van der Waals surface area contributed by atoms with Crippen LogP contribution in [0.15, 0.2) is 59.5 Å². The fourth-order valence-corrected chi connectivity index (χ4v) is 5.43. The van der Waals surface area contributed by atoms with Crippen molar-refractivity contribution in [2.75, 3.05) is 18.4 Å². The van der Waals surface area contributed by atoms with Gasteiger partial charge in [-0.2, -0.15) is 9.40 Å². The molecule has 0 aliphatic heterocycles. The Balaban J connectivity index is 1.89. The summed E-state index contributed by atoms with van der Waals surface area (Å²) in [6.45, 7) is 16.3. The second-order valence-electron chi connectivity index (χ2n) is 11.6. The van der Waals surface area contributed by atoms with E-state index < -0.39 is 15.9 Å². The van der Waals surface area contributed by atoms with Crippen LogP contribution in [-0.4, -0.2) is 41.5 Å². The zero-order chi connectivity index (χ0) is 27.6. The van der Waals surface area contributed by atoms with Crippen molar-refractivity contribution < 1.29 is 13.2 Å². The van der Waals surface area contributed by atoms with Crippen molar-refractivity contribution in [3.8, 4) is 5.69 Å². The lowest BCUT2D eigenvalue weighted by atomic mass is 9.87. The smallest absolute Gasteiger partial charge is 0.243 e. The fourth-order valence-electron chi connectivity index (χ4n) is 3.95.